The maximum absolute atomic E-state index is 5.61. The van der Waals surface area contributed by atoms with Crippen LogP contribution in [0.3, 0.4) is 0 Å². The van der Waals surface area contributed by atoms with Gasteiger partial charge in [-0.25, -0.2) is 4.98 Å². The molecule has 1 aromatic heterocycles. The van der Waals surface area contributed by atoms with E-state index >= 15 is 0 Å². The fraction of sp³-hybridized carbons (Fsp3) is 0.120. The fourth-order valence-corrected chi connectivity index (χ4v) is 3.50. The van der Waals surface area contributed by atoms with Crippen LogP contribution in [0.4, 0.5) is 0 Å². The molecule has 0 aliphatic carbocycles. The van der Waals surface area contributed by atoms with Gasteiger partial charge >= 0.3 is 0 Å². The van der Waals surface area contributed by atoms with Crippen molar-refractivity contribution in [3.05, 3.63) is 120 Å². The Morgan fingerprint density at radius 3 is 2.21 bits per heavy atom. The number of aromatic nitrogens is 2. The highest BCUT2D eigenvalue weighted by Gasteiger charge is 2.19. The van der Waals surface area contributed by atoms with Crippen LogP contribution in [0.25, 0.3) is 0 Å². The largest absolute Gasteiger partial charge is 0.497 e. The lowest BCUT2D eigenvalue weighted by atomic mass is 9.84. The molecule has 0 aliphatic heterocycles. The van der Waals surface area contributed by atoms with E-state index in [1.54, 1.807) is 20.4 Å². The van der Waals surface area contributed by atoms with Gasteiger partial charge < -0.3 is 14.0 Å². The number of methoxy groups -OCH3 is 2. The van der Waals surface area contributed by atoms with Crippen LogP contribution in [0.15, 0.2) is 91.5 Å². The van der Waals surface area contributed by atoms with E-state index in [1.165, 1.54) is 5.92 Å². The highest BCUT2D eigenvalue weighted by atomic mass is 16.5. The molecule has 4 nitrogen and oxygen atoms in total. The van der Waals surface area contributed by atoms with E-state index in [4.69, 9.17) is 9.47 Å². The van der Waals surface area contributed by atoms with E-state index in [0.717, 1.165) is 33.8 Å². The maximum Gasteiger partial charge on any atom is 0.123 e. The number of ether oxygens (including phenoxy) is 2. The lowest BCUT2D eigenvalue weighted by Crippen LogP contribution is -2.07. The predicted molar refractivity (Wildman–Crippen MR) is 114 cm³/mol. The zero-order valence-corrected chi connectivity index (χ0v) is 16.6. The highest BCUT2D eigenvalue weighted by molar-refractivity contribution is 5.59. The second-order valence-electron chi connectivity index (χ2n) is 6.73. The normalized spacial score (nSPS) is 10.9. The molecule has 0 bridgehead atoms. The SMILES string of the molecule is COc1ccc([C](c2ccccc2)c2ccc(OC)c(Cn3ccnc3)c2)cc1. The standard InChI is InChI=1S/C25H23N2O2/c1-28-23-11-8-20(9-12-23)25(19-6-4-3-5-7-19)21-10-13-24(29-2)22(16-21)17-27-15-14-26-18-27/h3-16,18H,17H2,1-2H3. The van der Waals surface area contributed by atoms with Crippen LogP contribution in [0.5, 0.6) is 11.5 Å². The van der Waals surface area contributed by atoms with Crippen molar-refractivity contribution in [3.8, 4) is 11.5 Å². The van der Waals surface area contributed by atoms with Crippen molar-refractivity contribution in [1.82, 2.24) is 9.55 Å². The van der Waals surface area contributed by atoms with Gasteiger partial charge in [0.15, 0.2) is 0 Å². The van der Waals surface area contributed by atoms with E-state index in [9.17, 15) is 0 Å². The Labute approximate surface area is 171 Å². The second kappa shape index (κ2) is 8.65. The van der Waals surface area contributed by atoms with Gasteiger partial charge in [0.05, 0.1) is 33.0 Å². The van der Waals surface area contributed by atoms with Crippen molar-refractivity contribution in [1.29, 1.82) is 0 Å². The first-order valence-electron chi connectivity index (χ1n) is 9.48. The summed E-state index contributed by atoms with van der Waals surface area (Å²) in [5, 5.41) is 0. The van der Waals surface area contributed by atoms with Crippen LogP contribution in [0, 0.1) is 5.92 Å². The zero-order chi connectivity index (χ0) is 20.1. The summed E-state index contributed by atoms with van der Waals surface area (Å²) in [4.78, 5) is 4.15. The third-order valence-corrected chi connectivity index (χ3v) is 4.92. The lowest BCUT2D eigenvalue weighted by molar-refractivity contribution is 0.408. The van der Waals surface area contributed by atoms with Crippen LogP contribution in [-0.2, 0) is 6.54 Å². The van der Waals surface area contributed by atoms with Gasteiger partial charge in [0.2, 0.25) is 0 Å². The van der Waals surface area contributed by atoms with Crippen molar-refractivity contribution in [2.24, 2.45) is 0 Å². The molecule has 0 aliphatic rings. The summed E-state index contributed by atoms with van der Waals surface area (Å²) in [5.41, 5.74) is 4.54. The smallest absolute Gasteiger partial charge is 0.123 e. The van der Waals surface area contributed by atoms with E-state index in [2.05, 4.69) is 53.5 Å². The Morgan fingerprint density at radius 1 is 0.828 bits per heavy atom. The van der Waals surface area contributed by atoms with E-state index in [0.29, 0.717) is 6.54 Å². The van der Waals surface area contributed by atoms with Crippen LogP contribution in [-0.4, -0.2) is 23.8 Å². The predicted octanol–water partition coefficient (Wildman–Crippen LogP) is 4.97. The molecule has 1 radical (unpaired) electrons. The molecule has 3 aromatic carbocycles. The minimum atomic E-state index is 0.696. The molecule has 0 saturated carbocycles. The van der Waals surface area contributed by atoms with E-state index < -0.39 is 0 Å². The summed E-state index contributed by atoms with van der Waals surface area (Å²) in [7, 11) is 3.39. The average Bonchev–Trinajstić information content (AvgIpc) is 3.28. The molecule has 145 valence electrons. The Kier molecular flexibility index (Phi) is 5.61. The molecule has 4 aromatic rings. The number of benzene rings is 3. The molecular formula is C25H23N2O2. The number of hydrogen-bond donors (Lipinski definition) is 0. The summed E-state index contributed by atoms with van der Waals surface area (Å²) in [5.74, 6) is 2.88. The first-order valence-corrected chi connectivity index (χ1v) is 9.48. The van der Waals surface area contributed by atoms with Crippen LogP contribution in [0.1, 0.15) is 22.3 Å². The average molecular weight is 383 g/mol. The molecular weight excluding hydrogens is 360 g/mol. The minimum Gasteiger partial charge on any atom is -0.497 e. The molecule has 0 saturated heterocycles. The summed E-state index contributed by atoms with van der Waals surface area (Å²) in [6.07, 6.45) is 5.56. The molecule has 1 heterocycles. The maximum atomic E-state index is 5.61. The molecule has 0 fully saturated rings. The zero-order valence-electron chi connectivity index (χ0n) is 16.6. The van der Waals surface area contributed by atoms with Crippen LogP contribution in [0.2, 0.25) is 0 Å². The van der Waals surface area contributed by atoms with Gasteiger partial charge in [-0.1, -0.05) is 48.5 Å². The Bertz CT molecular complexity index is 1040. The summed E-state index contributed by atoms with van der Waals surface area (Å²) < 4.78 is 13.0. The first kappa shape index (κ1) is 18.8. The third-order valence-electron chi connectivity index (χ3n) is 4.92. The van der Waals surface area contributed by atoms with Gasteiger partial charge in [-0.05, 0) is 41.0 Å². The molecule has 0 amide bonds. The Morgan fingerprint density at radius 2 is 1.55 bits per heavy atom. The molecule has 0 spiro atoms. The number of imidazole rings is 1. The second-order valence-corrected chi connectivity index (χ2v) is 6.73. The minimum absolute atomic E-state index is 0.696. The van der Waals surface area contributed by atoms with Crippen LogP contribution < -0.4 is 9.47 Å². The molecule has 4 heteroatoms. The summed E-state index contributed by atoms with van der Waals surface area (Å²) in [6.45, 7) is 0.696. The molecule has 0 atom stereocenters. The van der Waals surface area contributed by atoms with Crippen molar-refractivity contribution in [2.45, 2.75) is 6.54 Å². The van der Waals surface area contributed by atoms with Gasteiger partial charge in [-0.2, -0.15) is 0 Å². The van der Waals surface area contributed by atoms with E-state index in [-0.39, 0.29) is 0 Å². The van der Waals surface area contributed by atoms with E-state index in [1.807, 2.05) is 41.4 Å². The highest BCUT2D eigenvalue weighted by Crippen LogP contribution is 2.34. The van der Waals surface area contributed by atoms with Gasteiger partial charge in [0.25, 0.3) is 0 Å². The van der Waals surface area contributed by atoms with Gasteiger partial charge in [0.1, 0.15) is 11.5 Å². The molecule has 29 heavy (non-hydrogen) atoms. The van der Waals surface area contributed by atoms with Gasteiger partial charge in [-0.15, -0.1) is 0 Å². The quantitative estimate of drug-likeness (QED) is 0.423. The van der Waals surface area contributed by atoms with Gasteiger partial charge in [-0.3, -0.25) is 0 Å². The van der Waals surface area contributed by atoms with Crippen molar-refractivity contribution in [2.75, 3.05) is 14.2 Å². The summed E-state index contributed by atoms with van der Waals surface area (Å²) in [6, 6.07) is 25.0. The van der Waals surface area contributed by atoms with Gasteiger partial charge in [0, 0.05) is 18.0 Å². The Balaban J connectivity index is 1.79. The van der Waals surface area contributed by atoms with Crippen molar-refractivity contribution < 1.29 is 9.47 Å². The summed E-state index contributed by atoms with van der Waals surface area (Å²) >= 11 is 0. The topological polar surface area (TPSA) is 36.3 Å². The lowest BCUT2D eigenvalue weighted by Gasteiger charge is -2.20. The number of rotatable bonds is 7. The third kappa shape index (κ3) is 4.16. The first-order chi connectivity index (χ1) is 14.3. The molecule has 0 N–H and O–H groups in total. The van der Waals surface area contributed by atoms with Crippen molar-refractivity contribution >= 4 is 0 Å². The molecule has 0 unspecified atom stereocenters. The van der Waals surface area contributed by atoms with Crippen LogP contribution >= 0.6 is 0 Å². The molecule has 4 rings (SSSR count). The fourth-order valence-electron chi connectivity index (χ4n) is 3.50. The number of hydrogen-bond acceptors (Lipinski definition) is 3. The van der Waals surface area contributed by atoms with Crippen molar-refractivity contribution in [3.63, 3.8) is 0 Å². The Hall–Kier alpha value is -3.53. The monoisotopic (exact) mass is 383 g/mol. The number of nitrogens with zero attached hydrogens (tertiary/aromatic N) is 2.